The van der Waals surface area contributed by atoms with E-state index in [2.05, 4.69) is 4.99 Å². The molecule has 7 nitrogen and oxygen atoms in total. The minimum absolute atomic E-state index is 0.168. The van der Waals surface area contributed by atoms with Crippen LogP contribution in [0.15, 0.2) is 4.99 Å². The van der Waals surface area contributed by atoms with E-state index in [-0.39, 0.29) is 11.9 Å². The largest absolute Gasteiger partial charge is 0.465 e. The fourth-order valence-electron chi connectivity index (χ4n) is 2.90. The molecule has 1 saturated heterocycles. The van der Waals surface area contributed by atoms with E-state index in [1.165, 1.54) is 16.2 Å². The molecule has 2 rings (SSSR count). The Labute approximate surface area is 145 Å². The quantitative estimate of drug-likeness (QED) is 0.649. The average molecular weight is 355 g/mol. The van der Waals surface area contributed by atoms with E-state index < -0.39 is 6.09 Å². The summed E-state index contributed by atoms with van der Waals surface area (Å²) in [6.45, 7) is 3.45. The smallest absolute Gasteiger partial charge is 0.407 e. The van der Waals surface area contributed by atoms with Gasteiger partial charge in [-0.3, -0.25) is 4.99 Å². The van der Waals surface area contributed by atoms with Gasteiger partial charge in [0.25, 0.3) is 0 Å². The van der Waals surface area contributed by atoms with E-state index in [9.17, 15) is 9.59 Å². The van der Waals surface area contributed by atoms with Gasteiger partial charge in [-0.05, 0) is 25.2 Å². The van der Waals surface area contributed by atoms with Crippen molar-refractivity contribution in [2.75, 3.05) is 26.7 Å². The molecule has 1 aliphatic heterocycles. The Morgan fingerprint density at radius 2 is 2.04 bits per heavy atom. The van der Waals surface area contributed by atoms with Crippen molar-refractivity contribution in [2.24, 2.45) is 12.0 Å². The molecule has 1 aliphatic rings. The van der Waals surface area contributed by atoms with Crippen LogP contribution in [0.2, 0.25) is 0 Å². The van der Waals surface area contributed by atoms with Crippen LogP contribution in [-0.2, 0) is 11.8 Å². The number of likely N-dealkylation sites (tertiary alicyclic amines) is 1. The first-order valence-electron chi connectivity index (χ1n) is 8.27. The molecule has 1 fully saturated rings. The number of carboxylic acid groups (broad SMARTS) is 1. The molecule has 134 valence electrons. The van der Waals surface area contributed by atoms with Gasteiger partial charge in [-0.1, -0.05) is 13.3 Å². The molecule has 8 heteroatoms. The van der Waals surface area contributed by atoms with Crippen LogP contribution < -0.4 is 4.80 Å². The van der Waals surface area contributed by atoms with Gasteiger partial charge in [0, 0.05) is 32.1 Å². The highest BCUT2D eigenvalue weighted by Crippen LogP contribution is 2.32. The Kier molecular flexibility index (Phi) is 6.42. The topological polar surface area (TPSA) is 84.1 Å². The Hall–Kier alpha value is -1.83. The highest BCUT2D eigenvalue weighted by Gasteiger charge is 2.30. The Balaban J connectivity index is 2.23. The summed E-state index contributed by atoms with van der Waals surface area (Å²) in [4.78, 5) is 31.0. The maximum Gasteiger partial charge on any atom is 0.407 e. The van der Waals surface area contributed by atoms with Crippen LogP contribution in [0, 0.1) is 0 Å². The molecule has 2 heterocycles. The minimum atomic E-state index is -0.881. The van der Waals surface area contributed by atoms with Gasteiger partial charge in [0.15, 0.2) is 4.80 Å². The zero-order chi connectivity index (χ0) is 17.7. The Bertz CT molecular complexity index is 657. The Morgan fingerprint density at radius 3 is 2.58 bits per heavy atom. The molecule has 0 aromatic carbocycles. The van der Waals surface area contributed by atoms with Gasteiger partial charge in [-0.25, -0.2) is 9.59 Å². The summed E-state index contributed by atoms with van der Waals surface area (Å²) in [6, 6.07) is 0. The van der Waals surface area contributed by atoms with Gasteiger partial charge in [0.1, 0.15) is 5.69 Å². The average Bonchev–Trinajstić information content (AvgIpc) is 2.91. The third kappa shape index (κ3) is 3.98. The fraction of sp³-hybridized carbons (Fsp3) is 0.688. The molecule has 0 atom stereocenters. The van der Waals surface area contributed by atoms with Gasteiger partial charge >= 0.3 is 12.1 Å². The van der Waals surface area contributed by atoms with Crippen molar-refractivity contribution in [3.63, 3.8) is 0 Å². The first-order valence-corrected chi connectivity index (χ1v) is 9.08. The molecule has 0 saturated carbocycles. The predicted molar refractivity (Wildman–Crippen MR) is 91.5 cm³/mol. The van der Waals surface area contributed by atoms with Crippen LogP contribution in [0.1, 0.15) is 53.9 Å². The number of piperidine rings is 1. The number of nitrogens with zero attached hydrogens (tertiary/aromatic N) is 3. The molecule has 0 bridgehead atoms. The lowest BCUT2D eigenvalue weighted by Crippen LogP contribution is -2.37. The van der Waals surface area contributed by atoms with Gasteiger partial charge in [0.05, 0.1) is 6.61 Å². The number of unbranched alkanes of at least 4 members (excludes halogenated alkanes) is 1. The first kappa shape index (κ1) is 18.5. The standard InChI is InChI=1S/C16H25N3O4S/c1-4-5-10-23-14(20)12-13(24-15(17-2)18(12)3)11-6-8-19(9-7-11)16(21)22/h11H,4-10H2,1-3H3,(H,21,22)/b17-15-. The maximum atomic E-state index is 12.5. The highest BCUT2D eigenvalue weighted by molar-refractivity contribution is 7.09. The molecule has 1 aromatic rings. The summed E-state index contributed by atoms with van der Waals surface area (Å²) in [5.74, 6) is -0.145. The van der Waals surface area contributed by atoms with Crippen molar-refractivity contribution in [3.05, 3.63) is 15.4 Å². The number of carbonyl (C=O) groups excluding carboxylic acids is 1. The van der Waals surface area contributed by atoms with Crippen LogP contribution in [0.4, 0.5) is 4.79 Å². The van der Waals surface area contributed by atoms with Crippen molar-refractivity contribution in [1.82, 2.24) is 9.47 Å². The summed E-state index contributed by atoms with van der Waals surface area (Å²) in [7, 11) is 3.53. The van der Waals surface area contributed by atoms with E-state index in [1.807, 2.05) is 14.0 Å². The highest BCUT2D eigenvalue weighted by atomic mass is 32.1. The number of amides is 1. The van der Waals surface area contributed by atoms with E-state index in [0.717, 1.165) is 22.5 Å². The van der Waals surface area contributed by atoms with E-state index >= 15 is 0 Å². The van der Waals surface area contributed by atoms with Gasteiger partial charge in [-0.2, -0.15) is 0 Å². The maximum absolute atomic E-state index is 12.5. The van der Waals surface area contributed by atoms with Crippen LogP contribution in [-0.4, -0.2) is 53.4 Å². The normalized spacial score (nSPS) is 16.5. The summed E-state index contributed by atoms with van der Waals surface area (Å²) in [5, 5.41) is 9.08. The summed E-state index contributed by atoms with van der Waals surface area (Å²) < 4.78 is 7.19. The number of hydrogen-bond acceptors (Lipinski definition) is 5. The summed E-state index contributed by atoms with van der Waals surface area (Å²) >= 11 is 1.50. The van der Waals surface area contributed by atoms with Gasteiger partial charge in [-0.15, -0.1) is 11.3 Å². The van der Waals surface area contributed by atoms with Crippen LogP contribution in [0.5, 0.6) is 0 Å². The third-order valence-corrected chi connectivity index (χ3v) is 5.69. The number of ether oxygens (including phenoxy) is 1. The summed E-state index contributed by atoms with van der Waals surface area (Å²) in [6.07, 6.45) is 2.36. The molecular weight excluding hydrogens is 330 g/mol. The lowest BCUT2D eigenvalue weighted by Gasteiger charge is -2.29. The fourth-order valence-corrected chi connectivity index (χ4v) is 4.13. The number of carbonyl (C=O) groups is 2. The zero-order valence-corrected chi connectivity index (χ0v) is 15.3. The Morgan fingerprint density at radius 1 is 1.38 bits per heavy atom. The molecule has 24 heavy (non-hydrogen) atoms. The van der Waals surface area contributed by atoms with Crippen molar-refractivity contribution >= 4 is 23.4 Å². The first-order chi connectivity index (χ1) is 11.5. The van der Waals surface area contributed by atoms with E-state index in [4.69, 9.17) is 9.84 Å². The number of hydrogen-bond donors (Lipinski definition) is 1. The monoisotopic (exact) mass is 355 g/mol. The molecule has 1 aromatic heterocycles. The van der Waals surface area contributed by atoms with E-state index in [0.29, 0.717) is 38.2 Å². The van der Waals surface area contributed by atoms with E-state index in [1.54, 1.807) is 11.6 Å². The molecule has 0 spiro atoms. The minimum Gasteiger partial charge on any atom is -0.465 e. The zero-order valence-electron chi connectivity index (χ0n) is 14.4. The predicted octanol–water partition coefficient (Wildman–Crippen LogP) is 2.43. The van der Waals surface area contributed by atoms with Gasteiger partial charge in [0.2, 0.25) is 0 Å². The lowest BCUT2D eigenvalue weighted by atomic mass is 9.94. The number of thiazole rings is 1. The second-order valence-electron chi connectivity index (χ2n) is 5.91. The van der Waals surface area contributed by atoms with Crippen molar-refractivity contribution in [2.45, 2.75) is 38.5 Å². The van der Waals surface area contributed by atoms with Crippen molar-refractivity contribution < 1.29 is 19.4 Å². The van der Waals surface area contributed by atoms with Crippen LogP contribution in [0.25, 0.3) is 0 Å². The second kappa shape index (κ2) is 8.32. The third-order valence-electron chi connectivity index (χ3n) is 4.31. The van der Waals surface area contributed by atoms with Crippen molar-refractivity contribution in [3.8, 4) is 0 Å². The van der Waals surface area contributed by atoms with Crippen LogP contribution >= 0.6 is 11.3 Å². The molecule has 0 radical (unpaired) electrons. The second-order valence-corrected chi connectivity index (χ2v) is 6.92. The molecular formula is C16H25N3O4S. The summed E-state index contributed by atoms with van der Waals surface area (Å²) in [5.41, 5.74) is 0.561. The number of esters is 1. The SMILES string of the molecule is CCCCOC(=O)c1c(C2CCN(C(=O)O)CC2)s/c(=N\C)n1C. The number of aromatic nitrogens is 1. The lowest BCUT2D eigenvalue weighted by molar-refractivity contribution is 0.0485. The van der Waals surface area contributed by atoms with Crippen LogP contribution in [0.3, 0.4) is 0 Å². The molecule has 0 unspecified atom stereocenters. The number of rotatable bonds is 5. The van der Waals surface area contributed by atoms with Crippen molar-refractivity contribution in [1.29, 1.82) is 0 Å². The molecule has 1 N–H and O–H groups in total. The van der Waals surface area contributed by atoms with Gasteiger partial charge < -0.3 is 19.3 Å². The molecule has 0 aliphatic carbocycles. The molecule has 1 amide bonds.